The minimum Gasteiger partial charge on any atom is -0.351 e. The minimum atomic E-state index is -0.270. The van der Waals surface area contributed by atoms with Gasteiger partial charge in [-0.25, -0.2) is 14.4 Å². The van der Waals surface area contributed by atoms with Crippen molar-refractivity contribution < 1.29 is 9.18 Å². The number of carbonyl (C=O) groups excluding carboxylic acids is 1. The van der Waals surface area contributed by atoms with Crippen LogP contribution in [0.4, 0.5) is 4.39 Å². The lowest BCUT2D eigenvalue weighted by Crippen LogP contribution is -2.24. The molecule has 0 unspecified atom stereocenters. The fourth-order valence-corrected chi connectivity index (χ4v) is 3.85. The maximum Gasteiger partial charge on any atom is 0.230 e. The Bertz CT molecular complexity index is 1150. The number of fused-ring (bicyclic) bond motifs is 1. The number of nitrogens with zero attached hydrogens (tertiary/aromatic N) is 2. The Morgan fingerprint density at radius 3 is 2.23 bits per heavy atom. The number of benzene rings is 3. The summed E-state index contributed by atoms with van der Waals surface area (Å²) in [5.74, 6) is -0.0874. The Balaban J connectivity index is 1.49. The average molecular weight is 418 g/mol. The Morgan fingerprint density at radius 1 is 0.833 bits per heavy atom. The van der Waals surface area contributed by atoms with Crippen LogP contribution in [-0.2, 0) is 17.8 Å². The van der Waals surface area contributed by atoms with Crippen LogP contribution in [0.3, 0.4) is 0 Å². The van der Waals surface area contributed by atoms with Gasteiger partial charge < -0.3 is 5.32 Å². The van der Waals surface area contributed by atoms with Gasteiger partial charge in [0.15, 0.2) is 0 Å². The lowest BCUT2D eigenvalue weighted by Gasteiger charge is -2.10. The molecule has 0 saturated carbocycles. The van der Waals surface area contributed by atoms with E-state index in [2.05, 4.69) is 5.32 Å². The maximum absolute atomic E-state index is 13.2. The second-order valence-electron chi connectivity index (χ2n) is 6.82. The second-order valence-corrected chi connectivity index (χ2v) is 7.78. The van der Waals surface area contributed by atoms with E-state index in [0.29, 0.717) is 18.0 Å². The molecule has 0 atom stereocenters. The van der Waals surface area contributed by atoms with Crippen molar-refractivity contribution in [2.45, 2.75) is 18.0 Å². The van der Waals surface area contributed by atoms with E-state index in [1.807, 2.05) is 54.6 Å². The molecule has 3 aromatic carbocycles. The molecule has 0 aliphatic rings. The molecule has 1 aromatic heterocycles. The van der Waals surface area contributed by atoms with Gasteiger partial charge in [-0.05, 0) is 35.4 Å². The van der Waals surface area contributed by atoms with E-state index in [9.17, 15) is 9.18 Å². The molecule has 4 aromatic rings. The first-order valence-electron chi connectivity index (χ1n) is 9.61. The molecule has 0 aliphatic heterocycles. The zero-order valence-electron chi connectivity index (χ0n) is 16.2. The number of rotatable bonds is 7. The highest BCUT2D eigenvalue weighted by Gasteiger charge is 2.13. The van der Waals surface area contributed by atoms with Crippen LogP contribution < -0.4 is 5.32 Å². The summed E-state index contributed by atoms with van der Waals surface area (Å²) in [6.07, 6.45) is 0.520. The fraction of sp³-hybridized carbons (Fsp3) is 0.125. The van der Waals surface area contributed by atoms with Crippen LogP contribution in [0.1, 0.15) is 16.8 Å². The van der Waals surface area contributed by atoms with E-state index in [1.54, 1.807) is 12.1 Å². The first kappa shape index (κ1) is 20.0. The van der Waals surface area contributed by atoms with Gasteiger partial charge in [-0.3, -0.25) is 4.79 Å². The van der Waals surface area contributed by atoms with Crippen LogP contribution in [0.2, 0.25) is 0 Å². The first-order chi connectivity index (χ1) is 14.7. The second kappa shape index (κ2) is 9.50. The van der Waals surface area contributed by atoms with Crippen LogP contribution in [0.15, 0.2) is 83.9 Å². The summed E-state index contributed by atoms with van der Waals surface area (Å²) in [6, 6.07) is 23.8. The van der Waals surface area contributed by atoms with Crippen molar-refractivity contribution in [2.75, 3.05) is 5.75 Å². The molecule has 1 heterocycles. The van der Waals surface area contributed by atoms with Crippen molar-refractivity contribution in [1.29, 1.82) is 0 Å². The van der Waals surface area contributed by atoms with E-state index in [-0.39, 0.29) is 17.5 Å². The van der Waals surface area contributed by atoms with E-state index >= 15 is 0 Å². The molecule has 0 radical (unpaired) electrons. The van der Waals surface area contributed by atoms with E-state index in [1.165, 1.54) is 23.9 Å². The third-order valence-electron chi connectivity index (χ3n) is 4.56. The molecule has 4 rings (SSSR count). The predicted octanol–water partition coefficient (Wildman–Crippen LogP) is 4.77. The lowest BCUT2D eigenvalue weighted by molar-refractivity contribution is -0.118. The standard InChI is InChI=1S/C24H20FN3OS/c25-19-12-10-17(11-13-19)14-22-24(28-21-9-5-4-8-20(21)27-22)30-16-23(29)26-15-18-6-2-1-3-7-18/h1-13H,14-16H2,(H,26,29). The predicted molar refractivity (Wildman–Crippen MR) is 118 cm³/mol. The van der Waals surface area contributed by atoms with E-state index in [4.69, 9.17) is 9.97 Å². The van der Waals surface area contributed by atoms with Crippen molar-refractivity contribution in [3.63, 3.8) is 0 Å². The van der Waals surface area contributed by atoms with Crippen LogP contribution in [0, 0.1) is 5.82 Å². The summed E-state index contributed by atoms with van der Waals surface area (Å²) < 4.78 is 13.2. The monoisotopic (exact) mass is 417 g/mol. The van der Waals surface area contributed by atoms with Crippen LogP contribution >= 0.6 is 11.8 Å². The van der Waals surface area contributed by atoms with Gasteiger partial charge in [0.1, 0.15) is 10.8 Å². The molecule has 4 nitrogen and oxygen atoms in total. The third kappa shape index (κ3) is 5.21. The van der Waals surface area contributed by atoms with Crippen LogP contribution in [0.25, 0.3) is 11.0 Å². The lowest BCUT2D eigenvalue weighted by atomic mass is 10.1. The number of thioether (sulfide) groups is 1. The van der Waals surface area contributed by atoms with Gasteiger partial charge in [0.05, 0.1) is 22.5 Å². The van der Waals surface area contributed by atoms with E-state index < -0.39 is 0 Å². The Labute approximate surface area is 178 Å². The molecule has 0 saturated heterocycles. The molecule has 1 amide bonds. The van der Waals surface area contributed by atoms with Gasteiger partial charge in [-0.2, -0.15) is 0 Å². The number of nitrogens with one attached hydrogen (secondary N) is 1. The summed E-state index contributed by atoms with van der Waals surface area (Å²) >= 11 is 1.37. The van der Waals surface area contributed by atoms with Crippen LogP contribution in [0.5, 0.6) is 0 Å². The zero-order valence-corrected chi connectivity index (χ0v) is 17.0. The quantitative estimate of drug-likeness (QED) is 0.440. The highest BCUT2D eigenvalue weighted by atomic mass is 32.2. The summed E-state index contributed by atoms with van der Waals surface area (Å²) in [7, 11) is 0. The van der Waals surface area contributed by atoms with Gasteiger partial charge in [0, 0.05) is 13.0 Å². The molecule has 1 N–H and O–H groups in total. The average Bonchev–Trinajstić information content (AvgIpc) is 2.78. The first-order valence-corrected chi connectivity index (χ1v) is 10.6. The van der Waals surface area contributed by atoms with Crippen molar-refractivity contribution in [3.05, 3.63) is 102 Å². The van der Waals surface area contributed by atoms with Gasteiger partial charge in [0.25, 0.3) is 0 Å². The zero-order chi connectivity index (χ0) is 20.8. The van der Waals surface area contributed by atoms with Crippen molar-refractivity contribution in [3.8, 4) is 0 Å². The Morgan fingerprint density at radius 2 is 1.50 bits per heavy atom. The normalized spacial score (nSPS) is 10.8. The van der Waals surface area contributed by atoms with Crippen molar-refractivity contribution in [2.24, 2.45) is 0 Å². The number of amides is 1. The van der Waals surface area contributed by atoms with Crippen molar-refractivity contribution >= 4 is 28.7 Å². The molecule has 0 aliphatic carbocycles. The molecular weight excluding hydrogens is 397 g/mol. The molecule has 0 bridgehead atoms. The summed E-state index contributed by atoms with van der Waals surface area (Å²) in [4.78, 5) is 21.8. The number of para-hydroxylation sites is 2. The topological polar surface area (TPSA) is 54.9 Å². The highest BCUT2D eigenvalue weighted by Crippen LogP contribution is 2.24. The Kier molecular flexibility index (Phi) is 6.35. The smallest absolute Gasteiger partial charge is 0.230 e. The summed E-state index contributed by atoms with van der Waals surface area (Å²) in [5.41, 5.74) is 4.36. The number of hydrogen-bond donors (Lipinski definition) is 1. The number of halogens is 1. The summed E-state index contributed by atoms with van der Waals surface area (Å²) in [5, 5.41) is 3.65. The number of hydrogen-bond acceptors (Lipinski definition) is 4. The van der Waals surface area contributed by atoms with E-state index in [0.717, 1.165) is 27.9 Å². The van der Waals surface area contributed by atoms with Gasteiger partial charge in [0.2, 0.25) is 5.91 Å². The molecule has 0 spiro atoms. The van der Waals surface area contributed by atoms with Crippen molar-refractivity contribution in [1.82, 2.24) is 15.3 Å². The maximum atomic E-state index is 13.2. The molecule has 6 heteroatoms. The largest absolute Gasteiger partial charge is 0.351 e. The minimum absolute atomic E-state index is 0.0634. The summed E-state index contributed by atoms with van der Waals surface area (Å²) in [6.45, 7) is 0.492. The van der Waals surface area contributed by atoms with Gasteiger partial charge in [-0.15, -0.1) is 0 Å². The van der Waals surface area contributed by atoms with Gasteiger partial charge >= 0.3 is 0 Å². The number of aromatic nitrogens is 2. The molecule has 30 heavy (non-hydrogen) atoms. The van der Waals surface area contributed by atoms with Crippen LogP contribution in [-0.4, -0.2) is 21.6 Å². The molecule has 150 valence electrons. The highest BCUT2D eigenvalue weighted by molar-refractivity contribution is 7.99. The SMILES string of the molecule is O=C(CSc1nc2ccccc2nc1Cc1ccc(F)cc1)NCc1ccccc1. The molecular formula is C24H20FN3OS. The number of carbonyl (C=O) groups is 1. The third-order valence-corrected chi connectivity index (χ3v) is 5.57. The van der Waals surface area contributed by atoms with Gasteiger partial charge in [-0.1, -0.05) is 66.4 Å². The fourth-order valence-electron chi connectivity index (χ4n) is 3.03. The molecule has 0 fully saturated rings. The Hall–Kier alpha value is -3.25.